The second kappa shape index (κ2) is 8.92. The van der Waals surface area contributed by atoms with Gasteiger partial charge in [0, 0.05) is 0 Å². The molecule has 1 aliphatic heterocycles. The first-order valence-corrected chi connectivity index (χ1v) is 6.79. The monoisotopic (exact) mass is 344 g/mol. The van der Waals surface area contributed by atoms with Gasteiger partial charge in [-0.3, -0.25) is 0 Å². The molecule has 0 bridgehead atoms. The Hall–Kier alpha value is -0.760. The lowest BCUT2D eigenvalue weighted by molar-refractivity contribution is -0.325. The summed E-state index contributed by atoms with van der Waals surface area (Å²) in [5.74, 6) is 0. The molecule has 0 aromatic heterocycles. The fraction of sp³-hybridized carbons (Fsp3) is 0.917. The van der Waals surface area contributed by atoms with Crippen LogP contribution in [0.2, 0.25) is 0 Å². The largest absolute Gasteiger partial charge is 0.394 e. The first kappa shape index (κ1) is 20.3. The van der Waals surface area contributed by atoms with E-state index in [1.807, 2.05) is 0 Å². The highest BCUT2D eigenvalue weighted by Gasteiger charge is 2.46. The second-order valence-corrected chi connectivity index (χ2v) is 5.14. The molecule has 0 spiro atoms. The van der Waals surface area contributed by atoms with Crippen molar-refractivity contribution in [3.8, 4) is 0 Å². The molecule has 1 fully saturated rings. The molecule has 0 aliphatic carbocycles. The predicted octanol–water partition coefficient (Wildman–Crippen LogP) is -4.58. The van der Waals surface area contributed by atoms with Gasteiger partial charge in [-0.1, -0.05) is 0 Å². The summed E-state index contributed by atoms with van der Waals surface area (Å²) in [6.07, 6.45) is -16.4. The fourth-order valence-electron chi connectivity index (χ4n) is 2.10. The highest BCUT2D eigenvalue weighted by atomic mass is 19.1. The molecule has 136 valence electrons. The van der Waals surface area contributed by atoms with Crippen molar-refractivity contribution in [1.82, 2.24) is 0 Å². The van der Waals surface area contributed by atoms with E-state index in [1.165, 1.54) is 0 Å². The van der Waals surface area contributed by atoms with Crippen molar-refractivity contribution < 1.29 is 54.4 Å². The number of aldehydes is 1. The summed E-state index contributed by atoms with van der Waals surface area (Å²) in [6.45, 7) is -2.16. The van der Waals surface area contributed by atoms with Crippen LogP contribution in [0.4, 0.5) is 4.39 Å². The number of ether oxygens (including phenoxy) is 2. The molecule has 9 atom stereocenters. The quantitative estimate of drug-likeness (QED) is 0.212. The Morgan fingerprint density at radius 1 is 1.13 bits per heavy atom. The lowest BCUT2D eigenvalue weighted by atomic mass is 9.98. The molecular formula is C12H21FO10. The molecule has 1 heterocycles. The van der Waals surface area contributed by atoms with Crippen LogP contribution in [-0.4, -0.2) is 110 Å². The van der Waals surface area contributed by atoms with Gasteiger partial charge >= 0.3 is 0 Å². The number of aliphatic hydroxyl groups excluding tert-OH is 7. The minimum atomic E-state index is -2.05. The minimum Gasteiger partial charge on any atom is -0.394 e. The molecule has 0 radical (unpaired) electrons. The molecule has 23 heavy (non-hydrogen) atoms. The van der Waals surface area contributed by atoms with Gasteiger partial charge in [0.05, 0.1) is 6.61 Å². The maximum atomic E-state index is 12.7. The van der Waals surface area contributed by atoms with E-state index in [2.05, 4.69) is 0 Å². The van der Waals surface area contributed by atoms with Crippen molar-refractivity contribution >= 4 is 6.29 Å². The van der Waals surface area contributed by atoms with Crippen LogP contribution in [0, 0.1) is 0 Å². The van der Waals surface area contributed by atoms with E-state index in [0.29, 0.717) is 0 Å². The second-order valence-electron chi connectivity index (χ2n) is 5.14. The molecule has 0 saturated carbocycles. The third-order valence-corrected chi connectivity index (χ3v) is 3.50. The van der Waals surface area contributed by atoms with Gasteiger partial charge in [0.25, 0.3) is 0 Å². The SMILES string of the molecule is O=C[C@H](O)[C@@H](O)[C@H](O[C@@H]1O[C@H](CO)[C@@H](O)[C@H](O)[C@H]1O)[C@H](O)CF. The number of carbonyl (C=O) groups excluding carboxylic acids is 1. The standard InChI is InChI=1S/C12H21FO10/c13-1-4(16)11(7(18)5(17)2-14)23-12-10(21)9(20)8(19)6(3-15)22-12/h2,4-12,15-21H,1,3H2/t4-,5+,6-,7-,8-,9+,10-,11-,12+/m1/s1. The minimum absolute atomic E-state index is 0.0702. The van der Waals surface area contributed by atoms with Crippen LogP contribution in [0.3, 0.4) is 0 Å². The maximum absolute atomic E-state index is 12.7. The predicted molar refractivity (Wildman–Crippen MR) is 68.7 cm³/mol. The van der Waals surface area contributed by atoms with Crippen molar-refractivity contribution in [3.05, 3.63) is 0 Å². The molecule has 1 saturated heterocycles. The highest BCUT2D eigenvalue weighted by molar-refractivity contribution is 5.56. The third kappa shape index (κ3) is 4.62. The van der Waals surface area contributed by atoms with Crippen LogP contribution in [0.25, 0.3) is 0 Å². The highest BCUT2D eigenvalue weighted by Crippen LogP contribution is 2.24. The Bertz CT molecular complexity index is 370. The van der Waals surface area contributed by atoms with Crippen LogP contribution in [0.15, 0.2) is 0 Å². The van der Waals surface area contributed by atoms with Crippen LogP contribution < -0.4 is 0 Å². The summed E-state index contributed by atoms with van der Waals surface area (Å²) in [6, 6.07) is 0. The molecule has 0 aromatic carbocycles. The zero-order valence-corrected chi connectivity index (χ0v) is 11.9. The van der Waals surface area contributed by atoms with Crippen molar-refractivity contribution in [1.29, 1.82) is 0 Å². The van der Waals surface area contributed by atoms with E-state index in [1.54, 1.807) is 0 Å². The van der Waals surface area contributed by atoms with E-state index < -0.39 is 68.4 Å². The third-order valence-electron chi connectivity index (χ3n) is 3.50. The van der Waals surface area contributed by atoms with E-state index in [0.717, 1.165) is 0 Å². The Morgan fingerprint density at radius 3 is 2.22 bits per heavy atom. The summed E-state index contributed by atoms with van der Waals surface area (Å²) in [5.41, 5.74) is 0. The maximum Gasteiger partial charge on any atom is 0.187 e. The van der Waals surface area contributed by atoms with Gasteiger partial charge in [0.1, 0.15) is 55.5 Å². The first-order valence-electron chi connectivity index (χ1n) is 6.79. The van der Waals surface area contributed by atoms with Gasteiger partial charge < -0.3 is 50.0 Å². The van der Waals surface area contributed by atoms with Gasteiger partial charge in [-0.25, -0.2) is 4.39 Å². The summed E-state index contributed by atoms with van der Waals surface area (Å²) >= 11 is 0. The Kier molecular flexibility index (Phi) is 7.86. The smallest absolute Gasteiger partial charge is 0.187 e. The summed E-state index contributed by atoms with van der Waals surface area (Å²) in [5, 5.41) is 66.5. The van der Waals surface area contributed by atoms with Gasteiger partial charge in [0.15, 0.2) is 12.6 Å². The number of alkyl halides is 1. The Balaban J connectivity index is 2.91. The number of hydrogen-bond acceptors (Lipinski definition) is 10. The molecule has 7 N–H and O–H groups in total. The van der Waals surface area contributed by atoms with Gasteiger partial charge in [0.2, 0.25) is 0 Å². The van der Waals surface area contributed by atoms with Crippen LogP contribution in [-0.2, 0) is 14.3 Å². The fourth-order valence-corrected chi connectivity index (χ4v) is 2.10. The first-order chi connectivity index (χ1) is 10.8. The normalized spacial score (nSPS) is 37.0. The lowest BCUT2D eigenvalue weighted by Gasteiger charge is -2.42. The zero-order valence-electron chi connectivity index (χ0n) is 11.9. The van der Waals surface area contributed by atoms with Gasteiger partial charge in [-0.15, -0.1) is 0 Å². The Labute approximate surface area is 130 Å². The number of carbonyl (C=O) groups is 1. The number of halogens is 1. The summed E-state index contributed by atoms with van der Waals surface area (Å²) < 4.78 is 22.6. The molecular weight excluding hydrogens is 323 g/mol. The van der Waals surface area contributed by atoms with Crippen molar-refractivity contribution in [3.63, 3.8) is 0 Å². The summed E-state index contributed by atoms with van der Waals surface area (Å²) in [4.78, 5) is 10.5. The van der Waals surface area contributed by atoms with E-state index in [4.69, 9.17) is 14.6 Å². The zero-order chi connectivity index (χ0) is 17.7. The average Bonchev–Trinajstić information content (AvgIpc) is 2.57. The molecule has 1 rings (SSSR count). The van der Waals surface area contributed by atoms with E-state index in [-0.39, 0.29) is 6.29 Å². The van der Waals surface area contributed by atoms with Crippen LogP contribution in [0.5, 0.6) is 0 Å². The summed E-state index contributed by atoms with van der Waals surface area (Å²) in [7, 11) is 0. The molecule has 0 aromatic rings. The van der Waals surface area contributed by atoms with Crippen LogP contribution in [0.1, 0.15) is 0 Å². The molecule has 0 unspecified atom stereocenters. The molecule has 10 nitrogen and oxygen atoms in total. The molecule has 11 heteroatoms. The lowest BCUT2D eigenvalue weighted by Crippen LogP contribution is -2.61. The van der Waals surface area contributed by atoms with E-state index in [9.17, 15) is 39.8 Å². The Morgan fingerprint density at radius 2 is 1.74 bits per heavy atom. The number of rotatable bonds is 8. The van der Waals surface area contributed by atoms with E-state index >= 15 is 0 Å². The number of aliphatic hydroxyl groups is 7. The molecule has 1 aliphatic rings. The average molecular weight is 344 g/mol. The van der Waals surface area contributed by atoms with Crippen molar-refractivity contribution in [2.45, 2.75) is 55.1 Å². The van der Waals surface area contributed by atoms with Crippen LogP contribution >= 0.6 is 0 Å². The van der Waals surface area contributed by atoms with Crippen molar-refractivity contribution in [2.75, 3.05) is 13.3 Å². The molecule has 0 amide bonds. The van der Waals surface area contributed by atoms with Crippen molar-refractivity contribution in [2.24, 2.45) is 0 Å². The van der Waals surface area contributed by atoms with Gasteiger partial charge in [-0.05, 0) is 0 Å². The number of hydrogen-bond donors (Lipinski definition) is 7. The van der Waals surface area contributed by atoms with Gasteiger partial charge in [-0.2, -0.15) is 0 Å². The topological polar surface area (TPSA) is 177 Å².